The Morgan fingerprint density at radius 1 is 1.42 bits per heavy atom. The minimum atomic E-state index is -0.462. The molecule has 0 bridgehead atoms. The van der Waals surface area contributed by atoms with Crippen LogP contribution in [0.25, 0.3) is 6.08 Å². The number of para-hydroxylation sites is 1. The van der Waals surface area contributed by atoms with Gasteiger partial charge in [0, 0.05) is 18.7 Å². The number of carbonyl (C=O) groups excluding carboxylic acids is 1. The van der Waals surface area contributed by atoms with Gasteiger partial charge >= 0.3 is 0 Å². The highest BCUT2D eigenvalue weighted by atomic mass is 16.6. The molecule has 0 saturated heterocycles. The first-order valence-corrected chi connectivity index (χ1v) is 6.20. The van der Waals surface area contributed by atoms with Crippen molar-refractivity contribution >= 4 is 17.7 Å². The quantitative estimate of drug-likeness (QED) is 0.486. The number of rotatable bonds is 6. The zero-order valence-corrected chi connectivity index (χ0v) is 11.1. The van der Waals surface area contributed by atoms with Crippen molar-refractivity contribution in [2.75, 3.05) is 6.54 Å². The maximum atomic E-state index is 11.5. The predicted octanol–water partition coefficient (Wildman–Crippen LogP) is 2.77. The van der Waals surface area contributed by atoms with E-state index in [4.69, 9.17) is 0 Å². The van der Waals surface area contributed by atoms with Crippen LogP contribution in [0.4, 0.5) is 5.69 Å². The molecule has 1 aromatic carbocycles. The molecule has 5 heteroatoms. The van der Waals surface area contributed by atoms with Gasteiger partial charge in [0.25, 0.3) is 5.69 Å². The number of nitrogens with zero attached hydrogens (tertiary/aromatic N) is 1. The highest BCUT2D eigenvalue weighted by molar-refractivity contribution is 5.92. The molecular formula is C14H18N2O3. The summed E-state index contributed by atoms with van der Waals surface area (Å²) in [5.74, 6) is 0.290. The minimum absolute atomic E-state index is 0.00581. The van der Waals surface area contributed by atoms with E-state index in [9.17, 15) is 14.9 Å². The number of nitro benzene ring substituents is 1. The van der Waals surface area contributed by atoms with Crippen LogP contribution in [-0.2, 0) is 4.79 Å². The summed E-state index contributed by atoms with van der Waals surface area (Å²) in [6.07, 6.45) is 3.69. The Bertz CT molecular complexity index is 481. The first-order valence-electron chi connectivity index (χ1n) is 6.20. The van der Waals surface area contributed by atoms with Gasteiger partial charge in [-0.1, -0.05) is 26.0 Å². The summed E-state index contributed by atoms with van der Waals surface area (Å²) in [7, 11) is 0. The molecule has 1 N–H and O–H groups in total. The molecule has 0 aliphatic rings. The molecule has 0 aromatic heterocycles. The van der Waals surface area contributed by atoms with Crippen molar-refractivity contribution < 1.29 is 9.72 Å². The summed E-state index contributed by atoms with van der Waals surface area (Å²) in [4.78, 5) is 21.8. The van der Waals surface area contributed by atoms with Crippen LogP contribution in [0, 0.1) is 16.0 Å². The lowest BCUT2D eigenvalue weighted by Gasteiger charge is -2.04. The van der Waals surface area contributed by atoms with Gasteiger partial charge < -0.3 is 5.32 Å². The van der Waals surface area contributed by atoms with Crippen molar-refractivity contribution in [2.45, 2.75) is 20.3 Å². The van der Waals surface area contributed by atoms with E-state index in [1.165, 1.54) is 18.2 Å². The Morgan fingerprint density at radius 2 is 2.11 bits per heavy atom. The zero-order chi connectivity index (χ0) is 14.3. The van der Waals surface area contributed by atoms with Crippen LogP contribution in [0.15, 0.2) is 30.3 Å². The fourth-order valence-corrected chi connectivity index (χ4v) is 1.50. The predicted molar refractivity (Wildman–Crippen MR) is 74.6 cm³/mol. The number of hydrogen-bond donors (Lipinski definition) is 1. The zero-order valence-electron chi connectivity index (χ0n) is 11.1. The summed E-state index contributed by atoms with van der Waals surface area (Å²) in [5.41, 5.74) is 0.417. The Hall–Kier alpha value is -2.17. The van der Waals surface area contributed by atoms with Crippen molar-refractivity contribution in [3.8, 4) is 0 Å². The number of nitro groups is 1. The van der Waals surface area contributed by atoms with Crippen LogP contribution in [-0.4, -0.2) is 17.4 Å². The van der Waals surface area contributed by atoms with Gasteiger partial charge in [-0.2, -0.15) is 0 Å². The normalized spacial score (nSPS) is 10.9. The summed E-state index contributed by atoms with van der Waals surface area (Å²) in [5, 5.41) is 13.5. The van der Waals surface area contributed by atoms with Crippen LogP contribution in [0.5, 0.6) is 0 Å². The van der Waals surface area contributed by atoms with E-state index in [0.29, 0.717) is 18.0 Å². The van der Waals surface area contributed by atoms with E-state index >= 15 is 0 Å². The molecule has 1 amide bonds. The van der Waals surface area contributed by atoms with Crippen molar-refractivity contribution in [3.63, 3.8) is 0 Å². The fraction of sp³-hybridized carbons (Fsp3) is 0.357. The molecule has 0 atom stereocenters. The number of benzene rings is 1. The molecule has 0 saturated carbocycles. The van der Waals surface area contributed by atoms with Gasteiger partial charge in [0.15, 0.2) is 0 Å². The molecule has 0 radical (unpaired) electrons. The summed E-state index contributed by atoms with van der Waals surface area (Å²) < 4.78 is 0. The number of carbonyl (C=O) groups is 1. The molecule has 5 nitrogen and oxygen atoms in total. The average Bonchev–Trinajstić information content (AvgIpc) is 2.36. The Morgan fingerprint density at radius 3 is 2.74 bits per heavy atom. The first kappa shape index (κ1) is 14.9. The van der Waals surface area contributed by atoms with Gasteiger partial charge in [0.05, 0.1) is 10.5 Å². The standard InChI is InChI=1S/C14H18N2O3/c1-11(2)9-10-15-14(17)8-7-12-5-3-4-6-13(12)16(18)19/h3-8,11H,9-10H2,1-2H3,(H,15,17). The van der Waals surface area contributed by atoms with Crippen LogP contribution in [0.1, 0.15) is 25.8 Å². The highest BCUT2D eigenvalue weighted by Crippen LogP contribution is 2.18. The maximum absolute atomic E-state index is 11.5. The number of nitrogens with one attached hydrogen (secondary N) is 1. The smallest absolute Gasteiger partial charge is 0.276 e. The Labute approximate surface area is 112 Å². The molecule has 0 spiro atoms. The monoisotopic (exact) mass is 262 g/mol. The molecule has 102 valence electrons. The average molecular weight is 262 g/mol. The molecular weight excluding hydrogens is 244 g/mol. The molecule has 0 unspecified atom stereocenters. The van der Waals surface area contributed by atoms with E-state index in [1.54, 1.807) is 18.2 Å². The lowest BCUT2D eigenvalue weighted by molar-refractivity contribution is -0.385. The van der Waals surface area contributed by atoms with Crippen LogP contribution in [0.2, 0.25) is 0 Å². The SMILES string of the molecule is CC(C)CCNC(=O)C=Cc1ccccc1[N+](=O)[O-]. The summed E-state index contributed by atoms with van der Waals surface area (Å²) in [6.45, 7) is 4.77. The van der Waals surface area contributed by atoms with E-state index in [1.807, 2.05) is 0 Å². The van der Waals surface area contributed by atoms with Crippen LogP contribution < -0.4 is 5.32 Å². The number of hydrogen-bond acceptors (Lipinski definition) is 3. The summed E-state index contributed by atoms with van der Waals surface area (Å²) in [6, 6.07) is 6.31. The van der Waals surface area contributed by atoms with Crippen molar-refractivity contribution in [3.05, 3.63) is 46.0 Å². The lowest BCUT2D eigenvalue weighted by atomic mass is 10.1. The van der Waals surface area contributed by atoms with E-state index in [2.05, 4.69) is 19.2 Å². The van der Waals surface area contributed by atoms with Crippen molar-refractivity contribution in [2.24, 2.45) is 5.92 Å². The van der Waals surface area contributed by atoms with Crippen molar-refractivity contribution in [1.82, 2.24) is 5.32 Å². The third-order valence-electron chi connectivity index (χ3n) is 2.57. The summed E-state index contributed by atoms with van der Waals surface area (Å²) >= 11 is 0. The molecule has 0 aliphatic heterocycles. The van der Waals surface area contributed by atoms with Gasteiger partial charge in [-0.25, -0.2) is 0 Å². The van der Waals surface area contributed by atoms with Gasteiger partial charge in [0.1, 0.15) is 0 Å². The van der Waals surface area contributed by atoms with E-state index < -0.39 is 4.92 Å². The first-order chi connectivity index (χ1) is 9.00. The van der Waals surface area contributed by atoms with Gasteiger partial charge in [-0.3, -0.25) is 14.9 Å². The minimum Gasteiger partial charge on any atom is -0.353 e. The third kappa shape index (κ3) is 5.33. The second-order valence-corrected chi connectivity index (χ2v) is 4.62. The topological polar surface area (TPSA) is 72.2 Å². The van der Waals surface area contributed by atoms with Gasteiger partial charge in [-0.05, 0) is 24.5 Å². The highest BCUT2D eigenvalue weighted by Gasteiger charge is 2.09. The maximum Gasteiger partial charge on any atom is 0.276 e. The number of amides is 1. The Kier molecular flexibility index (Phi) is 5.73. The fourth-order valence-electron chi connectivity index (χ4n) is 1.50. The van der Waals surface area contributed by atoms with Crippen LogP contribution >= 0.6 is 0 Å². The second kappa shape index (κ2) is 7.31. The lowest BCUT2D eigenvalue weighted by Crippen LogP contribution is -2.23. The van der Waals surface area contributed by atoms with E-state index in [-0.39, 0.29) is 11.6 Å². The second-order valence-electron chi connectivity index (χ2n) is 4.62. The Balaban J connectivity index is 2.61. The molecule has 0 aliphatic carbocycles. The van der Waals surface area contributed by atoms with Crippen LogP contribution in [0.3, 0.4) is 0 Å². The molecule has 1 aromatic rings. The van der Waals surface area contributed by atoms with E-state index in [0.717, 1.165) is 6.42 Å². The van der Waals surface area contributed by atoms with Gasteiger partial charge in [-0.15, -0.1) is 0 Å². The van der Waals surface area contributed by atoms with Crippen molar-refractivity contribution in [1.29, 1.82) is 0 Å². The molecule has 0 heterocycles. The van der Waals surface area contributed by atoms with Gasteiger partial charge in [0.2, 0.25) is 5.91 Å². The molecule has 1 rings (SSSR count). The molecule has 19 heavy (non-hydrogen) atoms. The third-order valence-corrected chi connectivity index (χ3v) is 2.57. The molecule has 0 fully saturated rings. The largest absolute Gasteiger partial charge is 0.353 e.